The molecule has 2 aromatic rings. The summed E-state index contributed by atoms with van der Waals surface area (Å²) in [5.41, 5.74) is 1.81. The van der Waals surface area contributed by atoms with Gasteiger partial charge in [0.15, 0.2) is 5.69 Å². The molecule has 1 saturated carbocycles. The molecule has 0 amide bonds. The van der Waals surface area contributed by atoms with Crippen LogP contribution in [0.5, 0.6) is 0 Å². The maximum Gasteiger partial charge on any atom is 0.399 e. The predicted octanol–water partition coefficient (Wildman–Crippen LogP) is 8.05. The predicted molar refractivity (Wildman–Crippen MR) is 125 cm³/mol. The number of benzene rings is 2. The van der Waals surface area contributed by atoms with Crippen LogP contribution in [-0.2, 0) is 0 Å². The Labute approximate surface area is 217 Å². The van der Waals surface area contributed by atoms with E-state index in [1.54, 1.807) is 0 Å². The summed E-state index contributed by atoms with van der Waals surface area (Å²) in [5.74, 6) is -6.42. The van der Waals surface area contributed by atoms with Crippen molar-refractivity contribution in [2.75, 3.05) is 0 Å². The van der Waals surface area contributed by atoms with Crippen LogP contribution in [0.25, 0.3) is 5.83 Å². The zero-order valence-electron chi connectivity index (χ0n) is 17.6. The molecule has 0 spiro atoms. The number of allylic oxidation sites excluding steroid dienone is 1. The topological polar surface area (TPSA) is 39.5 Å². The highest BCUT2D eigenvalue weighted by molar-refractivity contribution is 6.48. The van der Waals surface area contributed by atoms with Gasteiger partial charge < -0.3 is 5.21 Å². The SMILES string of the molecule is [O-][NH+](NC1CCC(F)(F)CC1)c1ccc(/C(F)=C/C(c2cc(Cl)c(Cl)c(Cl)c2)C(F)(F)F)cc1Cl. The van der Waals surface area contributed by atoms with Gasteiger partial charge in [0.2, 0.25) is 5.92 Å². The van der Waals surface area contributed by atoms with Crippen LogP contribution in [0, 0.1) is 5.21 Å². The molecule has 0 saturated heterocycles. The highest BCUT2D eigenvalue weighted by Crippen LogP contribution is 2.42. The van der Waals surface area contributed by atoms with Crippen molar-refractivity contribution in [3.8, 4) is 0 Å². The van der Waals surface area contributed by atoms with E-state index >= 15 is 0 Å². The highest BCUT2D eigenvalue weighted by Gasteiger charge is 2.40. The minimum atomic E-state index is -4.89. The first kappa shape index (κ1) is 28.4. The van der Waals surface area contributed by atoms with E-state index in [1.165, 1.54) is 0 Å². The van der Waals surface area contributed by atoms with Gasteiger partial charge in [-0.15, -0.1) is 0 Å². The highest BCUT2D eigenvalue weighted by atomic mass is 35.5. The number of hydrogen-bond donors (Lipinski definition) is 2. The van der Waals surface area contributed by atoms with E-state index in [0.29, 0.717) is 6.08 Å². The Morgan fingerprint density at radius 1 is 1.03 bits per heavy atom. The quantitative estimate of drug-likeness (QED) is 0.206. The van der Waals surface area contributed by atoms with Crippen molar-refractivity contribution in [1.82, 2.24) is 5.43 Å². The maximum atomic E-state index is 14.9. The molecule has 3 nitrogen and oxygen atoms in total. The second-order valence-corrected chi connectivity index (χ2v) is 9.73. The first-order chi connectivity index (χ1) is 16.2. The molecule has 1 fully saturated rings. The minimum Gasteiger partial charge on any atom is -0.608 e. The van der Waals surface area contributed by atoms with E-state index < -0.39 is 40.6 Å². The van der Waals surface area contributed by atoms with E-state index in [1.807, 2.05) is 0 Å². The Kier molecular flexibility index (Phi) is 8.95. The summed E-state index contributed by atoms with van der Waals surface area (Å²) < 4.78 is 82.6. The molecule has 2 unspecified atom stereocenters. The lowest BCUT2D eigenvalue weighted by Crippen LogP contribution is -3.10. The van der Waals surface area contributed by atoms with Gasteiger partial charge in [0.1, 0.15) is 16.8 Å². The van der Waals surface area contributed by atoms with E-state index in [0.717, 1.165) is 30.3 Å². The Morgan fingerprint density at radius 3 is 2.11 bits per heavy atom. The van der Waals surface area contributed by atoms with Crippen LogP contribution in [0.1, 0.15) is 42.7 Å². The summed E-state index contributed by atoms with van der Waals surface area (Å²) in [6.07, 6.45) is -5.09. The van der Waals surface area contributed by atoms with Gasteiger partial charge in [-0.25, -0.2) is 13.2 Å². The van der Waals surface area contributed by atoms with Crippen molar-refractivity contribution in [3.05, 3.63) is 72.8 Å². The Hall–Kier alpha value is -1.20. The van der Waals surface area contributed by atoms with Gasteiger partial charge in [0.05, 0.1) is 21.1 Å². The molecule has 192 valence electrons. The number of hydrogen-bond acceptors (Lipinski definition) is 2. The molecule has 2 N–H and O–H groups in total. The lowest BCUT2D eigenvalue weighted by Gasteiger charge is -2.32. The average Bonchev–Trinajstić information content (AvgIpc) is 2.75. The van der Waals surface area contributed by atoms with Crippen molar-refractivity contribution in [2.45, 2.75) is 49.7 Å². The second kappa shape index (κ2) is 11.0. The molecule has 0 aliphatic heterocycles. The van der Waals surface area contributed by atoms with E-state index in [4.69, 9.17) is 46.4 Å². The average molecular weight is 582 g/mol. The number of nitrogens with one attached hydrogen (secondary N) is 2. The number of alkyl halides is 5. The minimum absolute atomic E-state index is 0.0656. The van der Waals surface area contributed by atoms with Gasteiger partial charge in [-0.2, -0.15) is 18.6 Å². The summed E-state index contributed by atoms with van der Waals surface area (Å²) in [6.45, 7) is 0. The molecule has 2 atom stereocenters. The fourth-order valence-electron chi connectivity index (χ4n) is 3.67. The zero-order valence-corrected chi connectivity index (χ0v) is 20.7. The molecule has 2 aromatic carbocycles. The number of halogens is 10. The normalized spacial score (nSPS) is 19.0. The Bertz CT molecular complexity index is 1080. The molecule has 3 rings (SSSR count). The summed E-state index contributed by atoms with van der Waals surface area (Å²) in [5, 5.41) is 11.0. The standard InChI is InChI=1S/C22H18Cl4F6N2O/c23-15-7-11(1-2-19(15)34(35)33-13-3-5-21(28,29)6-4-13)18(27)10-14(22(30,31)32)12-8-16(24)20(26)17(25)9-12/h1-2,7-10,13-14,33-34H,3-6H2/b18-10-. The molecular formula is C22H18Cl4F6N2O. The Balaban J connectivity index is 1.82. The van der Waals surface area contributed by atoms with Gasteiger partial charge in [-0.3, -0.25) is 5.17 Å². The van der Waals surface area contributed by atoms with E-state index in [2.05, 4.69) is 5.43 Å². The Morgan fingerprint density at radius 2 is 1.60 bits per heavy atom. The lowest BCUT2D eigenvalue weighted by molar-refractivity contribution is -0.832. The monoisotopic (exact) mass is 580 g/mol. The summed E-state index contributed by atoms with van der Waals surface area (Å²) in [4.78, 5) is 0. The van der Waals surface area contributed by atoms with Crippen LogP contribution in [-0.4, -0.2) is 18.1 Å². The molecule has 1 aliphatic rings. The third kappa shape index (κ3) is 7.19. The van der Waals surface area contributed by atoms with E-state index in [-0.39, 0.29) is 57.0 Å². The maximum absolute atomic E-state index is 14.9. The van der Waals surface area contributed by atoms with Crippen LogP contribution in [0.2, 0.25) is 20.1 Å². The molecule has 13 heteroatoms. The van der Waals surface area contributed by atoms with Gasteiger partial charge in [0.25, 0.3) is 0 Å². The fraction of sp³-hybridized carbons (Fsp3) is 0.364. The molecule has 0 heterocycles. The van der Waals surface area contributed by atoms with Crippen LogP contribution < -0.4 is 10.6 Å². The fourth-order valence-corrected chi connectivity index (χ4v) is 4.55. The number of rotatable bonds is 6. The third-order valence-corrected chi connectivity index (χ3v) is 7.08. The molecular weight excluding hydrogens is 564 g/mol. The first-order valence-electron chi connectivity index (χ1n) is 10.2. The molecule has 35 heavy (non-hydrogen) atoms. The van der Waals surface area contributed by atoms with Crippen LogP contribution in [0.15, 0.2) is 36.4 Å². The lowest BCUT2D eigenvalue weighted by atomic mass is 9.93. The van der Waals surface area contributed by atoms with Crippen molar-refractivity contribution in [3.63, 3.8) is 0 Å². The van der Waals surface area contributed by atoms with Gasteiger partial charge in [0, 0.05) is 24.5 Å². The summed E-state index contributed by atoms with van der Waals surface area (Å²) in [7, 11) is 0. The van der Waals surface area contributed by atoms with Crippen molar-refractivity contribution in [1.29, 1.82) is 0 Å². The van der Waals surface area contributed by atoms with Gasteiger partial charge in [-0.05, 0) is 48.7 Å². The van der Waals surface area contributed by atoms with Crippen LogP contribution in [0.4, 0.5) is 32.0 Å². The molecule has 0 radical (unpaired) electrons. The summed E-state index contributed by atoms with van der Waals surface area (Å²) in [6, 6.07) is 4.67. The van der Waals surface area contributed by atoms with Crippen LogP contribution >= 0.6 is 46.4 Å². The molecule has 0 bridgehead atoms. The van der Waals surface area contributed by atoms with Gasteiger partial charge >= 0.3 is 6.18 Å². The zero-order chi connectivity index (χ0) is 26.1. The first-order valence-corrected chi connectivity index (χ1v) is 11.8. The van der Waals surface area contributed by atoms with Crippen molar-refractivity contribution >= 4 is 57.9 Å². The van der Waals surface area contributed by atoms with Gasteiger partial charge in [-0.1, -0.05) is 46.4 Å². The summed E-state index contributed by atoms with van der Waals surface area (Å²) >= 11 is 23.5. The molecule has 1 aliphatic carbocycles. The van der Waals surface area contributed by atoms with E-state index in [9.17, 15) is 31.5 Å². The third-order valence-electron chi connectivity index (χ3n) is 5.57. The number of quaternary nitrogens is 1. The smallest absolute Gasteiger partial charge is 0.399 e. The second-order valence-electron chi connectivity index (χ2n) is 8.13. The van der Waals surface area contributed by atoms with Crippen molar-refractivity contribution in [2.24, 2.45) is 0 Å². The molecule has 0 aromatic heterocycles. The van der Waals surface area contributed by atoms with Crippen LogP contribution in [0.3, 0.4) is 0 Å². The van der Waals surface area contributed by atoms with Crippen molar-refractivity contribution < 1.29 is 31.5 Å². The largest absolute Gasteiger partial charge is 0.608 e.